The lowest BCUT2D eigenvalue weighted by Crippen LogP contribution is -2.12. The third-order valence-corrected chi connectivity index (χ3v) is 3.01. The van der Waals surface area contributed by atoms with Crippen LogP contribution in [0.2, 0.25) is 5.15 Å². The summed E-state index contributed by atoms with van der Waals surface area (Å²) in [5, 5.41) is 21.4. The van der Waals surface area contributed by atoms with E-state index >= 15 is 0 Å². The summed E-state index contributed by atoms with van der Waals surface area (Å²) in [6.45, 7) is 0. The molecule has 0 aliphatic heterocycles. The highest BCUT2D eigenvalue weighted by atomic mass is 79.9. The van der Waals surface area contributed by atoms with E-state index in [-0.39, 0.29) is 22.2 Å². The summed E-state index contributed by atoms with van der Waals surface area (Å²) in [5.41, 5.74) is 0.336. The second-order valence-electron chi connectivity index (χ2n) is 3.65. The molecule has 0 unspecified atom stereocenters. The SMILES string of the molecule is O=C(Nc1cc(Br)cnc1Cl)c1ccc(O)cc1O. The lowest BCUT2D eigenvalue weighted by atomic mass is 10.1. The maximum atomic E-state index is 12.0. The van der Waals surface area contributed by atoms with Crippen molar-refractivity contribution in [2.75, 3.05) is 5.32 Å². The van der Waals surface area contributed by atoms with Gasteiger partial charge in [0.25, 0.3) is 5.91 Å². The molecule has 19 heavy (non-hydrogen) atoms. The minimum Gasteiger partial charge on any atom is -0.508 e. The van der Waals surface area contributed by atoms with Crippen LogP contribution in [0.3, 0.4) is 0 Å². The Kier molecular flexibility index (Phi) is 3.92. The molecule has 1 amide bonds. The van der Waals surface area contributed by atoms with Gasteiger partial charge in [0.2, 0.25) is 0 Å². The van der Waals surface area contributed by atoms with Crippen molar-refractivity contribution in [3.8, 4) is 11.5 Å². The zero-order chi connectivity index (χ0) is 14.0. The Morgan fingerprint density at radius 3 is 2.74 bits per heavy atom. The molecule has 0 aliphatic rings. The van der Waals surface area contributed by atoms with Gasteiger partial charge in [-0.1, -0.05) is 11.6 Å². The third-order valence-electron chi connectivity index (χ3n) is 2.28. The standard InChI is InChI=1S/C12H8BrClN2O3/c13-6-3-9(11(14)15-5-6)16-12(19)8-2-1-7(17)4-10(8)18/h1-5,17-18H,(H,16,19). The topological polar surface area (TPSA) is 82.5 Å². The van der Waals surface area contributed by atoms with Crippen LogP contribution in [0.25, 0.3) is 0 Å². The number of carbonyl (C=O) groups excluding carboxylic acids is 1. The molecule has 0 aliphatic carbocycles. The average Bonchev–Trinajstić information content (AvgIpc) is 2.33. The number of aromatic hydroxyl groups is 2. The van der Waals surface area contributed by atoms with Gasteiger partial charge in [-0.05, 0) is 34.1 Å². The van der Waals surface area contributed by atoms with Gasteiger partial charge in [0.15, 0.2) is 5.15 Å². The minimum absolute atomic E-state index is 0.0221. The van der Waals surface area contributed by atoms with Crippen LogP contribution < -0.4 is 5.32 Å². The minimum atomic E-state index is -0.556. The van der Waals surface area contributed by atoms with Crippen LogP contribution >= 0.6 is 27.5 Å². The molecule has 7 heteroatoms. The van der Waals surface area contributed by atoms with Gasteiger partial charge in [0.05, 0.1) is 11.3 Å². The molecular formula is C12H8BrClN2O3. The van der Waals surface area contributed by atoms with E-state index < -0.39 is 5.91 Å². The number of hydrogen-bond donors (Lipinski definition) is 3. The molecule has 1 aromatic carbocycles. The molecule has 0 spiro atoms. The van der Waals surface area contributed by atoms with Crippen molar-refractivity contribution >= 4 is 39.1 Å². The van der Waals surface area contributed by atoms with Gasteiger partial charge in [0, 0.05) is 16.7 Å². The van der Waals surface area contributed by atoms with E-state index in [4.69, 9.17) is 16.7 Å². The van der Waals surface area contributed by atoms with Gasteiger partial charge in [-0.3, -0.25) is 4.79 Å². The Morgan fingerprint density at radius 2 is 2.05 bits per heavy atom. The number of pyridine rings is 1. The summed E-state index contributed by atoms with van der Waals surface area (Å²) in [7, 11) is 0. The highest BCUT2D eigenvalue weighted by Crippen LogP contribution is 2.26. The van der Waals surface area contributed by atoms with Gasteiger partial charge in [-0.15, -0.1) is 0 Å². The Hall–Kier alpha value is -1.79. The second kappa shape index (κ2) is 5.46. The number of nitrogens with zero attached hydrogens (tertiary/aromatic N) is 1. The summed E-state index contributed by atoms with van der Waals surface area (Å²) < 4.78 is 0.655. The zero-order valence-corrected chi connectivity index (χ0v) is 11.7. The molecule has 0 saturated heterocycles. The number of aromatic nitrogens is 1. The van der Waals surface area contributed by atoms with E-state index in [1.54, 1.807) is 6.07 Å². The van der Waals surface area contributed by atoms with Gasteiger partial charge in [0.1, 0.15) is 11.5 Å². The first kappa shape index (κ1) is 13.6. The number of halogens is 2. The van der Waals surface area contributed by atoms with Crippen molar-refractivity contribution in [1.29, 1.82) is 0 Å². The van der Waals surface area contributed by atoms with E-state index in [0.717, 1.165) is 6.07 Å². The fraction of sp³-hybridized carbons (Fsp3) is 0. The fourth-order valence-electron chi connectivity index (χ4n) is 1.41. The molecule has 1 aromatic heterocycles. The number of nitrogens with one attached hydrogen (secondary N) is 1. The lowest BCUT2D eigenvalue weighted by Gasteiger charge is -2.08. The average molecular weight is 344 g/mol. The molecule has 5 nitrogen and oxygen atoms in total. The third kappa shape index (κ3) is 3.15. The van der Waals surface area contributed by atoms with E-state index in [1.807, 2.05) is 0 Å². The number of phenolic OH excluding ortho intramolecular Hbond substituents is 2. The van der Waals surface area contributed by atoms with Crippen molar-refractivity contribution < 1.29 is 15.0 Å². The molecular weight excluding hydrogens is 336 g/mol. The number of phenols is 2. The van der Waals surface area contributed by atoms with Crippen LogP contribution in [0.4, 0.5) is 5.69 Å². The Bertz CT molecular complexity index is 649. The van der Waals surface area contributed by atoms with E-state index in [1.165, 1.54) is 18.3 Å². The first-order chi connectivity index (χ1) is 8.97. The summed E-state index contributed by atoms with van der Waals surface area (Å²) in [5.74, 6) is -1.01. The van der Waals surface area contributed by atoms with Gasteiger partial charge >= 0.3 is 0 Å². The van der Waals surface area contributed by atoms with Crippen LogP contribution in [0.15, 0.2) is 34.9 Å². The molecule has 98 valence electrons. The predicted molar refractivity (Wildman–Crippen MR) is 74.7 cm³/mol. The summed E-state index contributed by atoms with van der Waals surface area (Å²) >= 11 is 9.06. The number of anilines is 1. The predicted octanol–water partition coefficient (Wildman–Crippen LogP) is 3.16. The largest absolute Gasteiger partial charge is 0.508 e. The molecule has 3 N–H and O–H groups in total. The normalized spacial score (nSPS) is 10.2. The molecule has 2 aromatic rings. The quantitative estimate of drug-likeness (QED) is 0.732. The lowest BCUT2D eigenvalue weighted by molar-refractivity contribution is 0.102. The molecule has 0 saturated carbocycles. The van der Waals surface area contributed by atoms with Gasteiger partial charge in [-0.2, -0.15) is 0 Å². The molecule has 1 heterocycles. The van der Waals surface area contributed by atoms with Crippen molar-refractivity contribution in [3.05, 3.63) is 45.7 Å². The molecule has 0 radical (unpaired) electrons. The van der Waals surface area contributed by atoms with Crippen molar-refractivity contribution in [2.45, 2.75) is 0 Å². The van der Waals surface area contributed by atoms with Gasteiger partial charge in [-0.25, -0.2) is 4.98 Å². The highest BCUT2D eigenvalue weighted by Gasteiger charge is 2.14. The summed E-state index contributed by atoms with van der Waals surface area (Å²) in [4.78, 5) is 15.8. The summed E-state index contributed by atoms with van der Waals surface area (Å²) in [6.07, 6.45) is 1.50. The maximum absolute atomic E-state index is 12.0. The molecule has 0 bridgehead atoms. The zero-order valence-electron chi connectivity index (χ0n) is 9.39. The number of carbonyl (C=O) groups is 1. The van der Waals surface area contributed by atoms with Crippen LogP contribution in [-0.4, -0.2) is 21.1 Å². The number of amides is 1. The molecule has 0 atom stereocenters. The van der Waals surface area contributed by atoms with Crippen LogP contribution in [0.1, 0.15) is 10.4 Å². The molecule has 0 fully saturated rings. The highest BCUT2D eigenvalue weighted by molar-refractivity contribution is 9.10. The Balaban J connectivity index is 2.28. The summed E-state index contributed by atoms with van der Waals surface area (Å²) in [6, 6.07) is 5.27. The smallest absolute Gasteiger partial charge is 0.259 e. The first-order valence-electron chi connectivity index (χ1n) is 5.12. The number of rotatable bonds is 2. The van der Waals surface area contributed by atoms with Crippen molar-refractivity contribution in [2.24, 2.45) is 0 Å². The second-order valence-corrected chi connectivity index (χ2v) is 4.92. The number of benzene rings is 1. The van der Waals surface area contributed by atoms with Crippen LogP contribution in [0, 0.1) is 0 Å². The molecule has 2 rings (SSSR count). The van der Waals surface area contributed by atoms with Crippen molar-refractivity contribution in [3.63, 3.8) is 0 Å². The van der Waals surface area contributed by atoms with Crippen LogP contribution in [-0.2, 0) is 0 Å². The van der Waals surface area contributed by atoms with E-state index in [0.29, 0.717) is 10.2 Å². The van der Waals surface area contributed by atoms with E-state index in [2.05, 4.69) is 26.2 Å². The van der Waals surface area contributed by atoms with Crippen molar-refractivity contribution in [1.82, 2.24) is 4.98 Å². The van der Waals surface area contributed by atoms with Crippen LogP contribution in [0.5, 0.6) is 11.5 Å². The monoisotopic (exact) mass is 342 g/mol. The Labute approximate surface area is 122 Å². The van der Waals surface area contributed by atoms with Gasteiger partial charge < -0.3 is 15.5 Å². The maximum Gasteiger partial charge on any atom is 0.259 e. The fourth-order valence-corrected chi connectivity index (χ4v) is 1.89. The first-order valence-corrected chi connectivity index (χ1v) is 6.29. The number of hydrogen-bond acceptors (Lipinski definition) is 4. The van der Waals surface area contributed by atoms with E-state index in [9.17, 15) is 9.90 Å². The Morgan fingerprint density at radius 1 is 1.32 bits per heavy atom.